The van der Waals surface area contributed by atoms with Crippen LogP contribution in [0.25, 0.3) is 24.3 Å². The van der Waals surface area contributed by atoms with Crippen LogP contribution in [0.5, 0.6) is 11.5 Å². The number of hydrogen-bond donors (Lipinski definition) is 0. The Morgan fingerprint density at radius 1 is 0.333 bits per heavy atom. The molecular weight excluding hydrogens is 805 g/mol. The van der Waals surface area contributed by atoms with Crippen molar-refractivity contribution in [2.24, 2.45) is 0 Å². The van der Waals surface area contributed by atoms with E-state index in [2.05, 4.69) is 161 Å². The summed E-state index contributed by atoms with van der Waals surface area (Å²) in [7, 11) is 0. The van der Waals surface area contributed by atoms with Crippen LogP contribution in [0.4, 0.5) is 11.4 Å². The van der Waals surface area contributed by atoms with Crippen LogP contribution in [0.15, 0.2) is 85.0 Å². The van der Waals surface area contributed by atoms with E-state index in [9.17, 15) is 0 Å². The van der Waals surface area contributed by atoms with Crippen LogP contribution in [-0.4, -0.2) is 39.4 Å². The second-order valence-corrected chi connectivity index (χ2v) is 18.6. The highest BCUT2D eigenvalue weighted by Crippen LogP contribution is 2.32. The number of benzene rings is 3. The maximum absolute atomic E-state index is 6.65. The average molecular weight is 901 g/mol. The van der Waals surface area contributed by atoms with Gasteiger partial charge < -0.3 is 19.3 Å². The van der Waals surface area contributed by atoms with Crippen molar-refractivity contribution in [3.05, 3.63) is 107 Å². The van der Waals surface area contributed by atoms with E-state index in [-0.39, 0.29) is 0 Å². The van der Waals surface area contributed by atoms with Gasteiger partial charge >= 0.3 is 0 Å². The van der Waals surface area contributed by atoms with Crippen molar-refractivity contribution in [2.75, 3.05) is 49.2 Å². The average Bonchev–Trinajstić information content (AvgIpc) is 3.34. The van der Waals surface area contributed by atoms with Crippen molar-refractivity contribution in [1.82, 2.24) is 0 Å². The van der Waals surface area contributed by atoms with Crippen LogP contribution in [0.3, 0.4) is 0 Å². The van der Waals surface area contributed by atoms with Crippen molar-refractivity contribution in [2.45, 2.75) is 196 Å². The van der Waals surface area contributed by atoms with Gasteiger partial charge in [0.25, 0.3) is 0 Å². The molecule has 3 aromatic rings. The van der Waals surface area contributed by atoms with E-state index in [0.29, 0.717) is 0 Å². The quantitative estimate of drug-likeness (QED) is 0.0419. The summed E-state index contributed by atoms with van der Waals surface area (Å²) >= 11 is 0. The van der Waals surface area contributed by atoms with E-state index in [4.69, 9.17) is 9.47 Å². The number of allylic oxidation sites excluding steroid dienone is 4. The highest BCUT2D eigenvalue weighted by atomic mass is 16.5. The van der Waals surface area contributed by atoms with Gasteiger partial charge in [0.1, 0.15) is 11.5 Å². The smallest absolute Gasteiger partial charge is 0.127 e. The molecule has 3 rings (SSSR count). The molecule has 3 aromatic carbocycles. The van der Waals surface area contributed by atoms with E-state index in [1.54, 1.807) is 0 Å². The molecule has 66 heavy (non-hydrogen) atoms. The van der Waals surface area contributed by atoms with Crippen molar-refractivity contribution in [1.29, 1.82) is 0 Å². The number of ether oxygens (including phenoxy) is 2. The van der Waals surface area contributed by atoms with Crippen molar-refractivity contribution in [3.8, 4) is 11.5 Å². The second kappa shape index (κ2) is 37.9. The topological polar surface area (TPSA) is 24.9 Å². The van der Waals surface area contributed by atoms with Gasteiger partial charge in [0.15, 0.2) is 0 Å². The Kier molecular flexibility index (Phi) is 32.2. The summed E-state index contributed by atoms with van der Waals surface area (Å²) in [5, 5.41) is 0. The fraction of sp³-hybridized carbons (Fsp3) is 0.581. The maximum atomic E-state index is 6.65. The molecule has 0 amide bonds. The zero-order valence-corrected chi connectivity index (χ0v) is 43.3. The Bertz CT molecular complexity index is 1590. The summed E-state index contributed by atoms with van der Waals surface area (Å²) in [4.78, 5) is 5.10. The van der Waals surface area contributed by atoms with Gasteiger partial charge in [0.2, 0.25) is 0 Å². The Hall–Kier alpha value is -4.18. The molecule has 0 spiro atoms. The Balaban J connectivity index is 1.85. The molecule has 0 unspecified atom stereocenters. The number of rotatable bonds is 40. The molecule has 0 bridgehead atoms. The van der Waals surface area contributed by atoms with Crippen molar-refractivity contribution < 1.29 is 9.47 Å². The first-order chi connectivity index (χ1) is 32.6. The Morgan fingerprint density at radius 3 is 0.939 bits per heavy atom. The molecule has 0 aliphatic heterocycles. The van der Waals surface area contributed by atoms with Crippen molar-refractivity contribution in [3.63, 3.8) is 0 Å². The van der Waals surface area contributed by atoms with Gasteiger partial charge in [-0.05, 0) is 86.1 Å². The fourth-order valence-electron chi connectivity index (χ4n) is 8.32. The highest BCUT2D eigenvalue weighted by molar-refractivity contribution is 5.70. The Labute approximate surface area is 407 Å². The minimum absolute atomic E-state index is 0.720. The molecule has 0 radical (unpaired) electrons. The summed E-state index contributed by atoms with van der Waals surface area (Å²) < 4.78 is 13.3. The lowest BCUT2D eigenvalue weighted by molar-refractivity contribution is 0.295. The Morgan fingerprint density at radius 2 is 0.621 bits per heavy atom. The normalized spacial score (nSPS) is 11.8. The van der Waals surface area contributed by atoms with Gasteiger partial charge in [-0.25, -0.2) is 0 Å². The first kappa shape index (κ1) is 56.1. The molecule has 0 saturated carbocycles. The molecule has 4 heteroatoms. The number of anilines is 2. The highest BCUT2D eigenvalue weighted by Gasteiger charge is 2.11. The standard InChI is InChI=1S/C62H96N2O2/c1-7-13-19-21-23-25-27-33-51-65-61-53-58(38-32-30-36-56-41-45-60(46-42-56)64(49-17-11-5)50-18-12-6)62(66-52-34-28-26-24-22-20-14-8-2)54-57(61)37-31-29-35-55-39-43-59(44-40-55)63(47-15-9-3)48-16-10-4/h29-32,35-46,53-54H,7-28,33-34,47-52H2,1-6H3. The van der Waals surface area contributed by atoms with Crippen LogP contribution in [0.1, 0.15) is 218 Å². The van der Waals surface area contributed by atoms with E-state index in [0.717, 1.165) is 74.9 Å². The summed E-state index contributed by atoms with van der Waals surface area (Å²) in [6, 6.07) is 22.6. The molecule has 0 fully saturated rings. The molecule has 4 nitrogen and oxygen atoms in total. The van der Waals surface area contributed by atoms with Gasteiger partial charge in [-0.3, -0.25) is 0 Å². The maximum Gasteiger partial charge on any atom is 0.127 e. The minimum Gasteiger partial charge on any atom is -0.493 e. The zero-order chi connectivity index (χ0) is 47.1. The molecule has 0 aliphatic rings. The summed E-state index contributed by atoms with van der Waals surface area (Å²) in [5.74, 6) is 1.83. The zero-order valence-electron chi connectivity index (χ0n) is 43.3. The van der Waals surface area contributed by atoms with Crippen molar-refractivity contribution >= 4 is 35.7 Å². The van der Waals surface area contributed by atoms with Crippen LogP contribution in [0, 0.1) is 0 Å². The van der Waals surface area contributed by atoms with E-state index < -0.39 is 0 Å². The SMILES string of the molecule is CCCCCCCCCCOc1cc(C=CC=Cc2ccc(N(CCCC)CCCC)cc2)c(OCCCCCCCCCC)cc1C=CC=Cc1ccc(N(CCCC)CCCC)cc1. The molecule has 0 aromatic heterocycles. The lowest BCUT2D eigenvalue weighted by atomic mass is 10.1. The van der Waals surface area contributed by atoms with E-state index in [1.807, 2.05) is 0 Å². The van der Waals surface area contributed by atoms with Gasteiger partial charge in [-0.1, -0.05) is 230 Å². The largest absolute Gasteiger partial charge is 0.493 e. The third kappa shape index (κ3) is 24.5. The van der Waals surface area contributed by atoms with Gasteiger partial charge in [0, 0.05) is 48.7 Å². The third-order valence-corrected chi connectivity index (χ3v) is 12.6. The number of hydrogen-bond acceptors (Lipinski definition) is 4. The van der Waals surface area contributed by atoms with Gasteiger partial charge in [-0.15, -0.1) is 0 Å². The van der Waals surface area contributed by atoms with Crippen LogP contribution in [-0.2, 0) is 0 Å². The van der Waals surface area contributed by atoms with Crippen LogP contribution in [0.2, 0.25) is 0 Å². The van der Waals surface area contributed by atoms with Crippen LogP contribution < -0.4 is 19.3 Å². The first-order valence-corrected chi connectivity index (χ1v) is 27.4. The van der Waals surface area contributed by atoms with Crippen LogP contribution >= 0.6 is 0 Å². The summed E-state index contributed by atoms with van der Waals surface area (Å²) in [5.41, 5.74) is 7.19. The lowest BCUT2D eigenvalue weighted by Gasteiger charge is -2.24. The molecule has 366 valence electrons. The molecular formula is C62H96N2O2. The second-order valence-electron chi connectivity index (χ2n) is 18.6. The molecule has 0 atom stereocenters. The first-order valence-electron chi connectivity index (χ1n) is 27.4. The molecule has 0 N–H and O–H groups in total. The number of unbranched alkanes of at least 4 members (excludes halogenated alkanes) is 18. The molecule has 0 aliphatic carbocycles. The number of nitrogens with zero attached hydrogens (tertiary/aromatic N) is 2. The van der Waals surface area contributed by atoms with E-state index >= 15 is 0 Å². The third-order valence-electron chi connectivity index (χ3n) is 12.6. The molecule has 0 heterocycles. The lowest BCUT2D eigenvalue weighted by Crippen LogP contribution is -2.25. The van der Waals surface area contributed by atoms with Gasteiger partial charge in [0.05, 0.1) is 13.2 Å². The minimum atomic E-state index is 0.720. The molecule has 0 saturated heterocycles. The monoisotopic (exact) mass is 901 g/mol. The van der Waals surface area contributed by atoms with Gasteiger partial charge in [-0.2, -0.15) is 0 Å². The van der Waals surface area contributed by atoms with E-state index in [1.165, 1.54) is 164 Å². The summed E-state index contributed by atoms with van der Waals surface area (Å²) in [6.45, 7) is 19.6. The predicted octanol–water partition coefficient (Wildman–Crippen LogP) is 19.0. The summed E-state index contributed by atoms with van der Waals surface area (Å²) in [6.07, 6.45) is 47.7. The fourth-order valence-corrected chi connectivity index (χ4v) is 8.32. The predicted molar refractivity (Wildman–Crippen MR) is 296 cm³/mol.